The molecule has 0 aromatic heterocycles. The maximum absolute atomic E-state index is 9.74. The van der Waals surface area contributed by atoms with Gasteiger partial charge in [0.2, 0.25) is 0 Å². The molecule has 0 aromatic carbocycles. The molecule has 5 heteroatoms. The number of aliphatic hydroxyl groups is 1. The second kappa shape index (κ2) is 33.8. The molecule has 0 amide bonds. The lowest BCUT2D eigenvalue weighted by atomic mass is 10.1. The van der Waals surface area contributed by atoms with E-state index in [2.05, 4.69) is 63.7 Å². The zero-order valence-electron chi connectivity index (χ0n) is 23.5. The van der Waals surface area contributed by atoms with E-state index in [4.69, 9.17) is 5.11 Å². The summed E-state index contributed by atoms with van der Waals surface area (Å²) in [6.07, 6.45) is 25.8. The van der Waals surface area contributed by atoms with Crippen LogP contribution in [0.25, 0.3) is 0 Å². The lowest BCUT2D eigenvalue weighted by Crippen LogP contribution is -1.89. The molecule has 1 N–H and O–H groups in total. The number of carbonyl (C=O) groups is 1. The molecule has 0 heterocycles. The smallest absolute Gasteiger partial charge is 0.120 e. The second-order valence-electron chi connectivity index (χ2n) is 9.01. The molecular weight excluding hydrogens is 486 g/mol. The SMILES string of the molecule is C/C=C\CCCC=O.C=C(C)CSCCCC(P)P.C=C1CCC(/C=C/CCCCCC)C1.CO. The molecule has 0 bridgehead atoms. The van der Waals surface area contributed by atoms with Gasteiger partial charge in [-0.15, -0.1) is 18.5 Å². The van der Waals surface area contributed by atoms with Crippen LogP contribution in [0.2, 0.25) is 0 Å². The third-order valence-electron chi connectivity index (χ3n) is 5.16. The zero-order chi connectivity index (χ0) is 27.2. The predicted octanol–water partition coefficient (Wildman–Crippen LogP) is 9.56. The maximum Gasteiger partial charge on any atom is 0.120 e. The highest BCUT2D eigenvalue weighted by atomic mass is 32.2. The highest BCUT2D eigenvalue weighted by molar-refractivity contribution is 7.99. The molecule has 3 unspecified atom stereocenters. The zero-order valence-corrected chi connectivity index (χ0v) is 26.6. The quantitative estimate of drug-likeness (QED) is 0.0910. The van der Waals surface area contributed by atoms with E-state index in [1.807, 2.05) is 24.8 Å². The van der Waals surface area contributed by atoms with Gasteiger partial charge in [-0.2, -0.15) is 11.8 Å². The van der Waals surface area contributed by atoms with Crippen molar-refractivity contribution in [1.82, 2.24) is 0 Å². The minimum Gasteiger partial charge on any atom is -0.400 e. The summed E-state index contributed by atoms with van der Waals surface area (Å²) in [5.74, 6) is 3.21. The van der Waals surface area contributed by atoms with Crippen LogP contribution in [0, 0.1) is 5.92 Å². The summed E-state index contributed by atoms with van der Waals surface area (Å²) in [6, 6.07) is 0. The van der Waals surface area contributed by atoms with Gasteiger partial charge in [-0.05, 0) is 88.7 Å². The molecule has 3 atom stereocenters. The summed E-state index contributed by atoms with van der Waals surface area (Å²) in [6.45, 7) is 14.2. The molecule has 2 nitrogen and oxygen atoms in total. The molecule has 0 aliphatic heterocycles. The fourth-order valence-corrected chi connectivity index (χ4v) is 4.59. The Balaban J connectivity index is -0.000000439. The lowest BCUT2D eigenvalue weighted by molar-refractivity contribution is -0.107. The standard InChI is InChI=1S/C14H24.C8H18P2S.C7H12O.CH4O/c1-3-4-5-6-7-8-9-14-11-10-13(2)12-14;1-7(2)6-11-5-3-4-8(9)10;1-2-3-4-5-6-7-8;1-2/h8-9,14H,2-7,10-12H2,1H3;8H,1,3-6,9-10H2,2H3;2-3,7H,4-6H2,1H3;2H,1H3/b9-8+;;3-2-;. The Hall–Kier alpha value is -0.200. The van der Waals surface area contributed by atoms with Crippen LogP contribution < -0.4 is 0 Å². The van der Waals surface area contributed by atoms with E-state index in [1.54, 1.807) is 0 Å². The average molecular weight is 545 g/mol. The number of hydrogen-bond acceptors (Lipinski definition) is 3. The molecular formula is C30H58O2P2S. The number of unbranched alkanes of at least 4 members (excludes halogenated alkanes) is 6. The Morgan fingerprint density at radius 3 is 2.31 bits per heavy atom. The first-order valence-corrected chi connectivity index (χ1v) is 15.9. The molecule has 206 valence electrons. The monoisotopic (exact) mass is 544 g/mol. The molecule has 0 saturated heterocycles. The summed E-state index contributed by atoms with van der Waals surface area (Å²) >= 11 is 1.99. The molecule has 1 saturated carbocycles. The molecule has 0 radical (unpaired) electrons. The van der Waals surface area contributed by atoms with Crippen LogP contribution in [-0.2, 0) is 4.79 Å². The van der Waals surface area contributed by atoms with Crippen molar-refractivity contribution < 1.29 is 9.90 Å². The van der Waals surface area contributed by atoms with Crippen molar-refractivity contribution in [3.8, 4) is 0 Å². The summed E-state index contributed by atoms with van der Waals surface area (Å²) in [7, 11) is 6.60. The number of hydrogen-bond donors (Lipinski definition) is 1. The Bertz CT molecular complexity index is 530. The van der Waals surface area contributed by atoms with E-state index in [-0.39, 0.29) is 0 Å². The van der Waals surface area contributed by atoms with Gasteiger partial charge in [0, 0.05) is 19.3 Å². The number of thioether (sulfide) groups is 1. The minimum atomic E-state index is 0.695. The lowest BCUT2D eigenvalue weighted by Gasteiger charge is -2.03. The summed E-state index contributed by atoms with van der Waals surface area (Å²) < 4.78 is 0. The highest BCUT2D eigenvalue weighted by Crippen LogP contribution is 2.29. The topological polar surface area (TPSA) is 37.3 Å². The largest absolute Gasteiger partial charge is 0.400 e. The van der Waals surface area contributed by atoms with Gasteiger partial charge < -0.3 is 9.90 Å². The fourth-order valence-electron chi connectivity index (χ4n) is 3.26. The summed E-state index contributed by atoms with van der Waals surface area (Å²) in [4.78, 5) is 9.74. The third kappa shape index (κ3) is 38.5. The van der Waals surface area contributed by atoms with Crippen molar-refractivity contribution in [2.75, 3.05) is 18.6 Å². The first-order valence-electron chi connectivity index (χ1n) is 13.4. The average Bonchev–Trinajstić information content (AvgIpc) is 3.25. The van der Waals surface area contributed by atoms with Gasteiger partial charge in [0.25, 0.3) is 0 Å². The number of allylic oxidation sites excluding steroid dienone is 5. The summed E-state index contributed by atoms with van der Waals surface area (Å²) in [5.41, 5.74) is 2.73. The van der Waals surface area contributed by atoms with E-state index in [9.17, 15) is 4.79 Å². The van der Waals surface area contributed by atoms with Crippen LogP contribution in [0.15, 0.2) is 48.6 Å². The minimum absolute atomic E-state index is 0.695. The van der Waals surface area contributed by atoms with Gasteiger partial charge >= 0.3 is 0 Å². The van der Waals surface area contributed by atoms with Crippen LogP contribution in [-0.4, -0.2) is 35.4 Å². The van der Waals surface area contributed by atoms with Gasteiger partial charge in [0.1, 0.15) is 6.29 Å². The molecule has 0 spiro atoms. The van der Waals surface area contributed by atoms with Crippen molar-refractivity contribution in [1.29, 1.82) is 0 Å². The fraction of sp³-hybridized carbons (Fsp3) is 0.700. The van der Waals surface area contributed by atoms with Crippen LogP contribution in [0.4, 0.5) is 0 Å². The predicted molar refractivity (Wildman–Crippen MR) is 172 cm³/mol. The van der Waals surface area contributed by atoms with Crippen molar-refractivity contribution in [2.45, 2.75) is 110 Å². The number of aliphatic hydroxyl groups excluding tert-OH is 1. The Kier molecular flexibility index (Phi) is 38.0. The van der Waals surface area contributed by atoms with E-state index in [0.29, 0.717) is 11.8 Å². The van der Waals surface area contributed by atoms with Crippen molar-refractivity contribution in [2.24, 2.45) is 5.92 Å². The number of rotatable bonds is 16. The molecule has 35 heavy (non-hydrogen) atoms. The van der Waals surface area contributed by atoms with E-state index < -0.39 is 0 Å². The highest BCUT2D eigenvalue weighted by Gasteiger charge is 2.14. The molecule has 1 aliphatic carbocycles. The van der Waals surface area contributed by atoms with Crippen LogP contribution in [0.5, 0.6) is 0 Å². The van der Waals surface area contributed by atoms with Gasteiger partial charge in [0.05, 0.1) is 0 Å². The van der Waals surface area contributed by atoms with E-state index >= 15 is 0 Å². The van der Waals surface area contributed by atoms with Crippen LogP contribution >= 0.6 is 30.2 Å². The maximum atomic E-state index is 9.74. The van der Waals surface area contributed by atoms with Gasteiger partial charge in [-0.25, -0.2) is 0 Å². The van der Waals surface area contributed by atoms with E-state index in [1.165, 1.54) is 81.1 Å². The Morgan fingerprint density at radius 1 is 1.11 bits per heavy atom. The van der Waals surface area contributed by atoms with Gasteiger partial charge in [-0.1, -0.05) is 74.8 Å². The second-order valence-corrected chi connectivity index (χ2v) is 12.6. The van der Waals surface area contributed by atoms with E-state index in [0.717, 1.165) is 37.9 Å². The van der Waals surface area contributed by atoms with Crippen molar-refractivity contribution in [3.05, 3.63) is 48.6 Å². The van der Waals surface area contributed by atoms with Gasteiger partial charge in [0.15, 0.2) is 0 Å². The van der Waals surface area contributed by atoms with Crippen molar-refractivity contribution >= 4 is 36.5 Å². The molecule has 1 rings (SSSR count). The van der Waals surface area contributed by atoms with Gasteiger partial charge in [-0.3, -0.25) is 0 Å². The third-order valence-corrected chi connectivity index (χ3v) is 7.10. The molecule has 1 fully saturated rings. The first kappa shape index (κ1) is 39.3. The molecule has 0 aromatic rings. The Morgan fingerprint density at radius 2 is 1.80 bits per heavy atom. The number of carbonyl (C=O) groups excluding carboxylic acids is 1. The summed E-state index contributed by atoms with van der Waals surface area (Å²) in [5, 5.41) is 7.69. The number of aldehydes is 1. The Labute approximate surface area is 228 Å². The van der Waals surface area contributed by atoms with Crippen molar-refractivity contribution in [3.63, 3.8) is 0 Å². The van der Waals surface area contributed by atoms with Crippen LogP contribution in [0.1, 0.15) is 104 Å². The normalized spacial score (nSPS) is 14.7. The molecule has 1 aliphatic rings. The first-order chi connectivity index (χ1) is 16.9. The van der Waals surface area contributed by atoms with Crippen LogP contribution in [0.3, 0.4) is 0 Å².